The van der Waals surface area contributed by atoms with Crippen LogP contribution in [0.25, 0.3) is 0 Å². The summed E-state index contributed by atoms with van der Waals surface area (Å²) in [6, 6.07) is 0.316. The van der Waals surface area contributed by atoms with Crippen molar-refractivity contribution in [2.75, 3.05) is 13.2 Å². The molecule has 1 aliphatic heterocycles. The third-order valence-electron chi connectivity index (χ3n) is 2.58. The topological polar surface area (TPSA) is 47.3 Å². The molecular weight excluding hydrogens is 164 g/mol. The van der Waals surface area contributed by atoms with E-state index in [1.807, 2.05) is 0 Å². The van der Waals surface area contributed by atoms with Crippen LogP contribution in [-0.2, 0) is 4.74 Å². The SMILES string of the molecule is C#CCCC(NN)C1CCCOC1. The Bertz CT molecular complexity index is 170. The van der Waals surface area contributed by atoms with Gasteiger partial charge < -0.3 is 4.74 Å². The summed E-state index contributed by atoms with van der Waals surface area (Å²) in [5.74, 6) is 8.64. The molecule has 0 aromatic heterocycles. The van der Waals surface area contributed by atoms with Crippen LogP contribution in [0.4, 0.5) is 0 Å². The molecule has 2 atom stereocenters. The Balaban J connectivity index is 2.31. The van der Waals surface area contributed by atoms with Gasteiger partial charge in [0.05, 0.1) is 6.61 Å². The lowest BCUT2D eigenvalue weighted by molar-refractivity contribution is 0.0382. The van der Waals surface area contributed by atoms with Crippen LogP contribution in [0.2, 0.25) is 0 Å². The first kappa shape index (κ1) is 10.5. The van der Waals surface area contributed by atoms with Crippen molar-refractivity contribution < 1.29 is 4.74 Å². The minimum absolute atomic E-state index is 0.316. The second kappa shape index (κ2) is 5.98. The minimum atomic E-state index is 0.316. The number of hydrogen-bond donors (Lipinski definition) is 2. The monoisotopic (exact) mass is 182 g/mol. The van der Waals surface area contributed by atoms with E-state index in [2.05, 4.69) is 11.3 Å². The summed E-state index contributed by atoms with van der Waals surface area (Å²) in [6.07, 6.45) is 9.27. The number of terminal acetylenes is 1. The van der Waals surface area contributed by atoms with Gasteiger partial charge in [-0.15, -0.1) is 12.3 Å². The van der Waals surface area contributed by atoms with E-state index in [1.165, 1.54) is 6.42 Å². The first-order valence-corrected chi connectivity index (χ1v) is 4.86. The van der Waals surface area contributed by atoms with Gasteiger partial charge in [-0.2, -0.15) is 0 Å². The molecule has 1 aliphatic rings. The third kappa shape index (κ3) is 3.35. The first-order chi connectivity index (χ1) is 6.38. The second-order valence-corrected chi connectivity index (χ2v) is 3.49. The lowest BCUT2D eigenvalue weighted by atomic mass is 9.91. The van der Waals surface area contributed by atoms with Crippen LogP contribution in [0.1, 0.15) is 25.7 Å². The molecule has 1 saturated heterocycles. The predicted octanol–water partition coefficient (Wildman–Crippen LogP) is 0.658. The van der Waals surface area contributed by atoms with E-state index < -0.39 is 0 Å². The molecule has 0 spiro atoms. The van der Waals surface area contributed by atoms with Gasteiger partial charge in [0.25, 0.3) is 0 Å². The fourth-order valence-electron chi connectivity index (χ4n) is 1.78. The van der Waals surface area contributed by atoms with Crippen LogP contribution in [0.5, 0.6) is 0 Å². The van der Waals surface area contributed by atoms with Crippen molar-refractivity contribution in [3.05, 3.63) is 0 Å². The number of hydrogen-bond acceptors (Lipinski definition) is 3. The van der Waals surface area contributed by atoms with Crippen molar-refractivity contribution >= 4 is 0 Å². The minimum Gasteiger partial charge on any atom is -0.381 e. The Morgan fingerprint density at radius 2 is 2.54 bits per heavy atom. The maximum atomic E-state index is 5.47. The fraction of sp³-hybridized carbons (Fsp3) is 0.800. The Labute approximate surface area is 80.0 Å². The van der Waals surface area contributed by atoms with Gasteiger partial charge in [-0.05, 0) is 25.2 Å². The molecule has 0 aromatic rings. The largest absolute Gasteiger partial charge is 0.381 e. The molecule has 1 fully saturated rings. The van der Waals surface area contributed by atoms with Crippen molar-refractivity contribution in [1.82, 2.24) is 5.43 Å². The molecule has 1 heterocycles. The summed E-state index contributed by atoms with van der Waals surface area (Å²) < 4.78 is 5.40. The maximum Gasteiger partial charge on any atom is 0.0509 e. The second-order valence-electron chi connectivity index (χ2n) is 3.49. The molecule has 1 rings (SSSR count). The molecule has 3 heteroatoms. The van der Waals surface area contributed by atoms with E-state index in [0.717, 1.165) is 32.5 Å². The molecule has 0 aliphatic carbocycles. The molecule has 3 N–H and O–H groups in total. The standard InChI is InChI=1S/C10H18N2O/c1-2-3-6-10(12-11)9-5-4-7-13-8-9/h1,9-10,12H,3-8,11H2. The van der Waals surface area contributed by atoms with Gasteiger partial charge in [-0.25, -0.2) is 0 Å². The van der Waals surface area contributed by atoms with Gasteiger partial charge in [0.2, 0.25) is 0 Å². The lowest BCUT2D eigenvalue weighted by Gasteiger charge is -2.29. The van der Waals surface area contributed by atoms with E-state index in [-0.39, 0.29) is 0 Å². The highest BCUT2D eigenvalue weighted by Crippen LogP contribution is 2.19. The number of nitrogens with one attached hydrogen (secondary N) is 1. The van der Waals surface area contributed by atoms with E-state index >= 15 is 0 Å². The van der Waals surface area contributed by atoms with Crippen molar-refractivity contribution in [3.63, 3.8) is 0 Å². The zero-order valence-corrected chi connectivity index (χ0v) is 7.96. The highest BCUT2D eigenvalue weighted by Gasteiger charge is 2.22. The Hall–Kier alpha value is -0.560. The summed E-state index contributed by atoms with van der Waals surface area (Å²) in [5.41, 5.74) is 2.83. The van der Waals surface area contributed by atoms with Crippen molar-refractivity contribution in [3.8, 4) is 12.3 Å². The van der Waals surface area contributed by atoms with Crippen molar-refractivity contribution in [2.45, 2.75) is 31.7 Å². The number of nitrogens with two attached hydrogens (primary N) is 1. The normalized spacial score (nSPS) is 25.1. The smallest absolute Gasteiger partial charge is 0.0509 e. The summed E-state index contributed by atoms with van der Waals surface area (Å²) in [4.78, 5) is 0. The summed E-state index contributed by atoms with van der Waals surface area (Å²) in [7, 11) is 0. The Morgan fingerprint density at radius 3 is 3.08 bits per heavy atom. The van der Waals surface area contributed by atoms with Crippen LogP contribution in [0.15, 0.2) is 0 Å². The predicted molar refractivity (Wildman–Crippen MR) is 52.7 cm³/mol. The van der Waals surface area contributed by atoms with Gasteiger partial charge in [-0.1, -0.05) is 0 Å². The van der Waals surface area contributed by atoms with Crippen LogP contribution in [0, 0.1) is 18.3 Å². The van der Waals surface area contributed by atoms with Gasteiger partial charge in [-0.3, -0.25) is 11.3 Å². The quantitative estimate of drug-likeness (QED) is 0.381. The molecule has 74 valence electrons. The molecular formula is C10H18N2O. The fourth-order valence-corrected chi connectivity index (χ4v) is 1.78. The molecule has 0 amide bonds. The van der Waals surface area contributed by atoms with Crippen LogP contribution in [-0.4, -0.2) is 19.3 Å². The zero-order chi connectivity index (χ0) is 9.52. The summed E-state index contributed by atoms with van der Waals surface area (Å²) in [5, 5.41) is 0. The van der Waals surface area contributed by atoms with Gasteiger partial charge in [0.1, 0.15) is 0 Å². The van der Waals surface area contributed by atoms with Gasteiger partial charge >= 0.3 is 0 Å². The van der Waals surface area contributed by atoms with Gasteiger partial charge in [0.15, 0.2) is 0 Å². The first-order valence-electron chi connectivity index (χ1n) is 4.86. The summed E-state index contributed by atoms with van der Waals surface area (Å²) >= 11 is 0. The molecule has 2 unspecified atom stereocenters. The number of rotatable bonds is 4. The molecule has 0 aromatic carbocycles. The Kier molecular flexibility index (Phi) is 4.84. The van der Waals surface area contributed by atoms with Gasteiger partial charge in [0, 0.05) is 19.1 Å². The highest BCUT2D eigenvalue weighted by molar-refractivity contribution is 4.87. The molecule has 0 saturated carbocycles. The molecule has 13 heavy (non-hydrogen) atoms. The highest BCUT2D eigenvalue weighted by atomic mass is 16.5. The lowest BCUT2D eigenvalue weighted by Crippen LogP contribution is -2.43. The number of ether oxygens (including phenoxy) is 1. The number of hydrazine groups is 1. The van der Waals surface area contributed by atoms with E-state index in [1.54, 1.807) is 0 Å². The Morgan fingerprint density at radius 1 is 1.69 bits per heavy atom. The zero-order valence-electron chi connectivity index (χ0n) is 7.96. The van der Waals surface area contributed by atoms with E-state index in [0.29, 0.717) is 12.0 Å². The van der Waals surface area contributed by atoms with Crippen LogP contribution in [0.3, 0.4) is 0 Å². The summed E-state index contributed by atoms with van der Waals surface area (Å²) in [6.45, 7) is 1.71. The van der Waals surface area contributed by atoms with E-state index in [4.69, 9.17) is 17.0 Å². The third-order valence-corrected chi connectivity index (χ3v) is 2.58. The molecule has 0 bridgehead atoms. The average Bonchev–Trinajstić information content (AvgIpc) is 2.21. The van der Waals surface area contributed by atoms with Crippen molar-refractivity contribution in [2.24, 2.45) is 11.8 Å². The van der Waals surface area contributed by atoms with Crippen molar-refractivity contribution in [1.29, 1.82) is 0 Å². The van der Waals surface area contributed by atoms with Crippen LogP contribution < -0.4 is 11.3 Å². The molecule has 0 radical (unpaired) electrons. The molecule has 3 nitrogen and oxygen atoms in total. The van der Waals surface area contributed by atoms with E-state index in [9.17, 15) is 0 Å². The maximum absolute atomic E-state index is 5.47. The van der Waals surface area contributed by atoms with Crippen LogP contribution >= 0.6 is 0 Å². The average molecular weight is 182 g/mol.